The molecule has 0 N–H and O–H groups in total. The van der Waals surface area contributed by atoms with Crippen molar-refractivity contribution in [3.05, 3.63) is 0 Å². The van der Waals surface area contributed by atoms with Crippen molar-refractivity contribution in [2.24, 2.45) is 0 Å². The normalized spacial score (nSPS) is 12.9. The Balaban J connectivity index is 4.08. The second-order valence-electron chi connectivity index (χ2n) is 1.79. The van der Waals surface area contributed by atoms with E-state index in [0.717, 1.165) is 6.92 Å². The second kappa shape index (κ2) is 5.64. The van der Waals surface area contributed by atoms with E-state index in [1.165, 1.54) is 0 Å². The Morgan fingerprint density at radius 1 is 1.75 bits per heavy atom. The summed E-state index contributed by atoms with van der Waals surface area (Å²) in [6.45, 7) is 2.99. The van der Waals surface area contributed by atoms with Gasteiger partial charge in [-0.1, -0.05) is 0 Å². The van der Waals surface area contributed by atoms with Gasteiger partial charge < -0.3 is 4.74 Å². The first-order valence-corrected chi connectivity index (χ1v) is 4.52. The number of ether oxygens (including phenoxy) is 1. The van der Waals surface area contributed by atoms with Gasteiger partial charge in [0, 0.05) is 6.92 Å². The molecular weight excluding hydrogens is 181 g/mol. The largest absolute Gasteiger partial charge is 0.570 e. The molecule has 0 aromatic heterocycles. The summed E-state index contributed by atoms with van der Waals surface area (Å²) in [7, 11) is -2.23. The SMILES string of the molecule is CCO[P+](=O)C(C#N)OC(C)=O. The Bertz CT molecular complexity index is 222. The third kappa shape index (κ3) is 4.02. The summed E-state index contributed by atoms with van der Waals surface area (Å²) in [5, 5.41) is 8.38. The first-order chi connectivity index (χ1) is 5.61. The lowest BCUT2D eigenvalue weighted by Gasteiger charge is -1.96. The van der Waals surface area contributed by atoms with Gasteiger partial charge in [0.05, 0.1) is 6.61 Å². The molecule has 0 saturated heterocycles. The van der Waals surface area contributed by atoms with Crippen LogP contribution < -0.4 is 0 Å². The highest BCUT2D eigenvalue weighted by Crippen LogP contribution is 2.29. The third-order valence-corrected chi connectivity index (χ3v) is 1.95. The third-order valence-electron chi connectivity index (χ3n) is 0.836. The summed E-state index contributed by atoms with van der Waals surface area (Å²) in [6.07, 6.45) is 0. The minimum Gasteiger partial charge on any atom is -0.402 e. The standard InChI is InChI=1S/C6H9NO4P/c1-3-10-12(9)6(4-7)11-5(2)8/h6H,3H2,1-2H3/q+1. The summed E-state index contributed by atoms with van der Waals surface area (Å²) in [4.78, 5) is 10.4. The monoisotopic (exact) mass is 190 g/mol. The molecule has 12 heavy (non-hydrogen) atoms. The lowest BCUT2D eigenvalue weighted by molar-refractivity contribution is -0.141. The van der Waals surface area contributed by atoms with Crippen LogP contribution in [0.2, 0.25) is 0 Å². The van der Waals surface area contributed by atoms with Crippen molar-refractivity contribution in [1.82, 2.24) is 0 Å². The Hall–Kier alpha value is -0.980. The summed E-state index contributed by atoms with van der Waals surface area (Å²) in [6, 6.07) is 1.57. The number of hydrogen-bond donors (Lipinski definition) is 0. The molecule has 0 radical (unpaired) electrons. The first kappa shape index (κ1) is 11.0. The van der Waals surface area contributed by atoms with E-state index in [-0.39, 0.29) is 6.61 Å². The number of nitriles is 1. The summed E-state index contributed by atoms with van der Waals surface area (Å²) < 4.78 is 19.9. The predicted octanol–water partition coefficient (Wildman–Crippen LogP) is 1.18. The molecule has 0 aromatic rings. The topological polar surface area (TPSA) is 76.4 Å². The predicted molar refractivity (Wildman–Crippen MR) is 40.4 cm³/mol. The molecule has 0 spiro atoms. The van der Waals surface area contributed by atoms with Crippen molar-refractivity contribution < 1.29 is 18.6 Å². The lowest BCUT2D eigenvalue weighted by atomic mass is 10.7. The quantitative estimate of drug-likeness (QED) is 0.491. The highest BCUT2D eigenvalue weighted by molar-refractivity contribution is 7.40. The second-order valence-corrected chi connectivity index (χ2v) is 3.09. The smallest absolute Gasteiger partial charge is 0.402 e. The van der Waals surface area contributed by atoms with Gasteiger partial charge in [0.1, 0.15) is 0 Å². The van der Waals surface area contributed by atoms with E-state index in [1.807, 2.05) is 0 Å². The van der Waals surface area contributed by atoms with Gasteiger partial charge in [-0.3, -0.25) is 4.79 Å². The Morgan fingerprint density at radius 3 is 2.67 bits per heavy atom. The maximum atomic E-state index is 10.9. The van der Waals surface area contributed by atoms with Crippen molar-refractivity contribution in [1.29, 1.82) is 5.26 Å². The molecule has 2 atom stereocenters. The molecule has 0 heterocycles. The van der Waals surface area contributed by atoms with E-state index in [0.29, 0.717) is 0 Å². The van der Waals surface area contributed by atoms with Crippen molar-refractivity contribution in [3.63, 3.8) is 0 Å². The number of esters is 1. The van der Waals surface area contributed by atoms with Crippen LogP contribution >= 0.6 is 8.03 Å². The minimum absolute atomic E-state index is 0.217. The van der Waals surface area contributed by atoms with Gasteiger partial charge in [0.15, 0.2) is 6.07 Å². The zero-order valence-electron chi connectivity index (χ0n) is 6.81. The fraction of sp³-hybridized carbons (Fsp3) is 0.667. The van der Waals surface area contributed by atoms with Gasteiger partial charge >= 0.3 is 19.8 Å². The summed E-state index contributed by atoms with van der Waals surface area (Å²) in [5.41, 5.74) is 0. The van der Waals surface area contributed by atoms with Gasteiger partial charge in [-0.25, -0.2) is 0 Å². The number of carbonyl (C=O) groups is 1. The Labute approximate surface area is 71.1 Å². The fourth-order valence-corrected chi connectivity index (χ4v) is 1.19. The molecule has 0 aliphatic heterocycles. The zero-order chi connectivity index (χ0) is 9.56. The number of nitrogens with zero attached hydrogens (tertiary/aromatic N) is 1. The van der Waals surface area contributed by atoms with E-state index in [2.05, 4.69) is 9.26 Å². The number of carbonyl (C=O) groups excluding carboxylic acids is 1. The van der Waals surface area contributed by atoms with Crippen molar-refractivity contribution in [3.8, 4) is 6.07 Å². The molecule has 0 aromatic carbocycles. The van der Waals surface area contributed by atoms with Gasteiger partial charge in [0.25, 0.3) is 0 Å². The molecule has 66 valence electrons. The fourth-order valence-electron chi connectivity index (χ4n) is 0.469. The molecule has 0 aliphatic carbocycles. The molecule has 0 bridgehead atoms. The van der Waals surface area contributed by atoms with Crippen LogP contribution in [0, 0.1) is 11.3 Å². The Kier molecular flexibility index (Phi) is 5.18. The van der Waals surface area contributed by atoms with Crippen LogP contribution in [0.3, 0.4) is 0 Å². The van der Waals surface area contributed by atoms with Crippen LogP contribution in [0.5, 0.6) is 0 Å². The maximum absolute atomic E-state index is 10.9. The minimum atomic E-state index is -2.23. The van der Waals surface area contributed by atoms with Crippen LogP contribution in [0.4, 0.5) is 0 Å². The highest BCUT2D eigenvalue weighted by atomic mass is 31.1. The molecule has 5 nitrogen and oxygen atoms in total. The van der Waals surface area contributed by atoms with Crippen LogP contribution in [0.25, 0.3) is 0 Å². The molecule has 2 unspecified atom stereocenters. The highest BCUT2D eigenvalue weighted by Gasteiger charge is 2.35. The average molecular weight is 190 g/mol. The first-order valence-electron chi connectivity index (χ1n) is 3.28. The Morgan fingerprint density at radius 2 is 2.33 bits per heavy atom. The van der Waals surface area contributed by atoms with E-state index in [4.69, 9.17) is 5.26 Å². The molecular formula is C6H9NO4P+. The summed E-state index contributed by atoms with van der Waals surface area (Å²) in [5.74, 6) is -1.94. The van der Waals surface area contributed by atoms with Gasteiger partial charge in [-0.05, 0) is 11.5 Å². The van der Waals surface area contributed by atoms with Crippen LogP contribution in [-0.4, -0.2) is 18.4 Å². The lowest BCUT2D eigenvalue weighted by Crippen LogP contribution is -2.10. The molecule has 0 aliphatic rings. The summed E-state index contributed by atoms with van der Waals surface area (Å²) >= 11 is 0. The van der Waals surface area contributed by atoms with Crippen LogP contribution in [0.1, 0.15) is 13.8 Å². The van der Waals surface area contributed by atoms with Crippen molar-refractivity contribution in [2.75, 3.05) is 6.61 Å². The molecule has 0 saturated carbocycles. The van der Waals surface area contributed by atoms with E-state index < -0.39 is 19.8 Å². The van der Waals surface area contributed by atoms with Gasteiger partial charge in [0.2, 0.25) is 0 Å². The maximum Gasteiger partial charge on any atom is 0.570 e. The molecule has 0 rings (SSSR count). The van der Waals surface area contributed by atoms with E-state index >= 15 is 0 Å². The van der Waals surface area contributed by atoms with E-state index in [9.17, 15) is 9.36 Å². The number of hydrogen-bond acceptors (Lipinski definition) is 5. The van der Waals surface area contributed by atoms with Crippen LogP contribution in [-0.2, 0) is 18.6 Å². The van der Waals surface area contributed by atoms with Crippen molar-refractivity contribution >= 4 is 14.0 Å². The molecule has 0 amide bonds. The molecule has 0 fully saturated rings. The van der Waals surface area contributed by atoms with Gasteiger partial charge in [-0.2, -0.15) is 5.26 Å². The van der Waals surface area contributed by atoms with Crippen LogP contribution in [0.15, 0.2) is 0 Å². The number of rotatable bonds is 4. The molecule has 6 heteroatoms. The van der Waals surface area contributed by atoms with E-state index in [1.54, 1.807) is 13.0 Å². The van der Waals surface area contributed by atoms with Crippen molar-refractivity contribution in [2.45, 2.75) is 19.7 Å². The average Bonchev–Trinajstić information content (AvgIpc) is 2.00. The zero-order valence-corrected chi connectivity index (χ0v) is 7.71. The van der Waals surface area contributed by atoms with Gasteiger partial charge in [-0.15, -0.1) is 4.52 Å².